The van der Waals surface area contributed by atoms with Crippen LogP contribution in [0.15, 0.2) is 72.8 Å². The van der Waals surface area contributed by atoms with E-state index in [1.165, 1.54) is 12.1 Å². The first-order chi connectivity index (χ1) is 13.0. The van der Waals surface area contributed by atoms with Gasteiger partial charge in [-0.15, -0.1) is 0 Å². The Bertz CT molecular complexity index is 908. The van der Waals surface area contributed by atoms with Crippen molar-refractivity contribution in [2.45, 2.75) is 13.1 Å². The number of amides is 1. The average Bonchev–Trinajstić information content (AvgIpc) is 2.67. The normalized spacial score (nSPS) is 10.4. The van der Waals surface area contributed by atoms with Crippen molar-refractivity contribution >= 4 is 11.8 Å². The molecule has 0 bridgehead atoms. The highest BCUT2D eigenvalue weighted by atomic mass is 19.1. The Kier molecular flexibility index (Phi) is 5.71. The first kappa shape index (κ1) is 18.5. The van der Waals surface area contributed by atoms with E-state index in [9.17, 15) is 9.18 Å². The number of rotatable bonds is 6. The van der Waals surface area contributed by atoms with E-state index in [0.717, 1.165) is 27.9 Å². The summed E-state index contributed by atoms with van der Waals surface area (Å²) in [4.78, 5) is 12.8. The van der Waals surface area contributed by atoms with Crippen LogP contribution in [0.5, 0.6) is 0 Å². The lowest BCUT2D eigenvalue weighted by molar-refractivity contribution is 0.194. The maximum atomic E-state index is 13.1. The molecule has 0 radical (unpaired) electrons. The molecule has 0 spiro atoms. The molecule has 0 saturated carbocycles. The standard InChI is InChI=1S/C22H21FN2O2/c1-25(15-17-4-2-3-16(13-17)14-24-22(26)27)21-11-7-19(8-12-21)18-5-9-20(23)10-6-18/h2-13,24H,14-15H2,1H3,(H,26,27). The minimum Gasteiger partial charge on any atom is -0.465 e. The van der Waals surface area contributed by atoms with Crippen molar-refractivity contribution in [3.63, 3.8) is 0 Å². The van der Waals surface area contributed by atoms with E-state index in [4.69, 9.17) is 5.11 Å². The molecule has 0 aliphatic heterocycles. The molecule has 1 amide bonds. The smallest absolute Gasteiger partial charge is 0.404 e. The highest BCUT2D eigenvalue weighted by molar-refractivity contribution is 5.66. The van der Waals surface area contributed by atoms with Gasteiger partial charge in [0.25, 0.3) is 0 Å². The fourth-order valence-corrected chi connectivity index (χ4v) is 2.93. The van der Waals surface area contributed by atoms with Crippen LogP contribution in [-0.4, -0.2) is 18.2 Å². The summed E-state index contributed by atoms with van der Waals surface area (Å²) in [7, 11) is 2.01. The van der Waals surface area contributed by atoms with E-state index < -0.39 is 6.09 Å². The number of carbonyl (C=O) groups is 1. The summed E-state index contributed by atoms with van der Waals surface area (Å²) in [5.41, 5.74) is 5.10. The molecule has 0 heterocycles. The fraction of sp³-hybridized carbons (Fsp3) is 0.136. The van der Waals surface area contributed by atoms with Crippen LogP contribution in [0.3, 0.4) is 0 Å². The lowest BCUT2D eigenvalue weighted by Crippen LogP contribution is -2.20. The van der Waals surface area contributed by atoms with Crippen molar-refractivity contribution in [3.8, 4) is 11.1 Å². The summed E-state index contributed by atoms with van der Waals surface area (Å²) in [5.74, 6) is -0.240. The zero-order valence-corrected chi connectivity index (χ0v) is 15.0. The molecule has 0 atom stereocenters. The first-order valence-corrected chi connectivity index (χ1v) is 8.63. The summed E-state index contributed by atoms with van der Waals surface area (Å²) in [6.07, 6.45) is -1.03. The Labute approximate surface area is 157 Å². The molecule has 0 aliphatic rings. The van der Waals surface area contributed by atoms with Gasteiger partial charge in [-0.05, 0) is 46.5 Å². The average molecular weight is 364 g/mol. The van der Waals surface area contributed by atoms with Crippen LogP contribution in [0, 0.1) is 5.82 Å². The molecule has 0 aliphatic carbocycles. The van der Waals surface area contributed by atoms with Crippen LogP contribution < -0.4 is 10.2 Å². The summed E-state index contributed by atoms with van der Waals surface area (Å²) >= 11 is 0. The van der Waals surface area contributed by atoms with Crippen molar-refractivity contribution < 1.29 is 14.3 Å². The predicted octanol–water partition coefficient (Wildman–Crippen LogP) is 4.90. The molecule has 0 unspecified atom stereocenters. The van der Waals surface area contributed by atoms with Gasteiger partial charge in [0.2, 0.25) is 0 Å². The quantitative estimate of drug-likeness (QED) is 0.654. The number of hydrogen-bond donors (Lipinski definition) is 2. The molecule has 4 nitrogen and oxygen atoms in total. The maximum absolute atomic E-state index is 13.1. The molecular formula is C22H21FN2O2. The number of nitrogens with one attached hydrogen (secondary N) is 1. The minimum atomic E-state index is -1.03. The van der Waals surface area contributed by atoms with Gasteiger partial charge in [0, 0.05) is 25.8 Å². The van der Waals surface area contributed by atoms with Crippen LogP contribution in [0.2, 0.25) is 0 Å². The molecule has 27 heavy (non-hydrogen) atoms. The number of halogens is 1. The van der Waals surface area contributed by atoms with Gasteiger partial charge in [-0.25, -0.2) is 9.18 Å². The Balaban J connectivity index is 1.67. The largest absolute Gasteiger partial charge is 0.465 e. The Morgan fingerprint density at radius 1 is 0.963 bits per heavy atom. The zero-order chi connectivity index (χ0) is 19.2. The van der Waals surface area contributed by atoms with Crippen molar-refractivity contribution in [2.75, 3.05) is 11.9 Å². The van der Waals surface area contributed by atoms with Gasteiger partial charge < -0.3 is 15.3 Å². The third-order valence-corrected chi connectivity index (χ3v) is 4.34. The molecular weight excluding hydrogens is 343 g/mol. The number of nitrogens with zero attached hydrogens (tertiary/aromatic N) is 1. The van der Waals surface area contributed by atoms with Crippen molar-refractivity contribution in [2.24, 2.45) is 0 Å². The second kappa shape index (κ2) is 8.36. The van der Waals surface area contributed by atoms with Gasteiger partial charge in [0.1, 0.15) is 5.82 Å². The topological polar surface area (TPSA) is 52.6 Å². The van der Waals surface area contributed by atoms with Crippen LogP contribution in [0.4, 0.5) is 14.9 Å². The van der Waals surface area contributed by atoms with Crippen LogP contribution >= 0.6 is 0 Å². The zero-order valence-electron chi connectivity index (χ0n) is 15.0. The van der Waals surface area contributed by atoms with Crippen molar-refractivity contribution in [1.29, 1.82) is 0 Å². The Hall–Kier alpha value is -3.34. The van der Waals surface area contributed by atoms with E-state index in [0.29, 0.717) is 13.1 Å². The van der Waals surface area contributed by atoms with Crippen LogP contribution in [0.1, 0.15) is 11.1 Å². The molecule has 0 fully saturated rings. The van der Waals surface area contributed by atoms with Crippen molar-refractivity contribution in [1.82, 2.24) is 5.32 Å². The summed E-state index contributed by atoms with van der Waals surface area (Å²) < 4.78 is 13.1. The Morgan fingerprint density at radius 3 is 2.19 bits per heavy atom. The lowest BCUT2D eigenvalue weighted by Gasteiger charge is -2.20. The molecule has 2 N–H and O–H groups in total. The van der Waals surface area contributed by atoms with E-state index >= 15 is 0 Å². The molecule has 3 aromatic rings. The second-order valence-electron chi connectivity index (χ2n) is 6.39. The van der Waals surface area contributed by atoms with E-state index in [1.807, 2.05) is 55.6 Å². The second-order valence-corrected chi connectivity index (χ2v) is 6.39. The van der Waals surface area contributed by atoms with E-state index in [2.05, 4.69) is 10.2 Å². The SMILES string of the molecule is CN(Cc1cccc(CNC(=O)O)c1)c1ccc(-c2ccc(F)cc2)cc1. The lowest BCUT2D eigenvalue weighted by atomic mass is 10.0. The number of anilines is 1. The monoisotopic (exact) mass is 364 g/mol. The molecule has 3 aromatic carbocycles. The fourth-order valence-electron chi connectivity index (χ4n) is 2.93. The van der Waals surface area contributed by atoms with Gasteiger partial charge in [0.05, 0.1) is 0 Å². The number of hydrogen-bond acceptors (Lipinski definition) is 2. The molecule has 0 saturated heterocycles. The third-order valence-electron chi connectivity index (χ3n) is 4.34. The van der Waals surface area contributed by atoms with Gasteiger partial charge in [-0.2, -0.15) is 0 Å². The number of benzene rings is 3. The molecule has 3 rings (SSSR count). The van der Waals surface area contributed by atoms with Crippen LogP contribution in [-0.2, 0) is 13.1 Å². The molecule has 138 valence electrons. The highest BCUT2D eigenvalue weighted by Crippen LogP contribution is 2.24. The van der Waals surface area contributed by atoms with Gasteiger partial charge >= 0.3 is 6.09 Å². The van der Waals surface area contributed by atoms with E-state index in [1.54, 1.807) is 12.1 Å². The summed E-state index contributed by atoms with van der Waals surface area (Å²) in [6, 6.07) is 22.4. The summed E-state index contributed by atoms with van der Waals surface area (Å²) in [5, 5.41) is 11.1. The first-order valence-electron chi connectivity index (χ1n) is 8.63. The Morgan fingerprint density at radius 2 is 1.56 bits per heavy atom. The van der Waals surface area contributed by atoms with Crippen molar-refractivity contribution in [3.05, 3.63) is 89.7 Å². The van der Waals surface area contributed by atoms with Gasteiger partial charge in [-0.1, -0.05) is 48.5 Å². The third kappa shape index (κ3) is 5.07. The van der Waals surface area contributed by atoms with E-state index in [-0.39, 0.29) is 5.82 Å². The van der Waals surface area contributed by atoms with Gasteiger partial charge in [0.15, 0.2) is 0 Å². The molecule has 0 aromatic heterocycles. The predicted molar refractivity (Wildman–Crippen MR) is 105 cm³/mol. The summed E-state index contributed by atoms with van der Waals surface area (Å²) in [6.45, 7) is 0.996. The van der Waals surface area contributed by atoms with Gasteiger partial charge in [-0.3, -0.25) is 0 Å². The maximum Gasteiger partial charge on any atom is 0.404 e. The number of carboxylic acid groups (broad SMARTS) is 1. The van der Waals surface area contributed by atoms with Crippen LogP contribution in [0.25, 0.3) is 11.1 Å². The molecule has 5 heteroatoms. The minimum absolute atomic E-state index is 0.240. The highest BCUT2D eigenvalue weighted by Gasteiger charge is 2.05.